The Kier molecular flexibility index (Phi) is 6.52. The Balaban J connectivity index is 4.58. The summed E-state index contributed by atoms with van der Waals surface area (Å²) in [7, 11) is 0. The topological polar surface area (TPSA) is 46.5 Å². The Morgan fingerprint density at radius 3 is 1.95 bits per heavy atom. The average molecular weight is 308 g/mol. The molecule has 0 rings (SSSR count). The average Bonchev–Trinajstić information content (AvgIpc) is 2.29. The van der Waals surface area contributed by atoms with E-state index in [1.165, 1.54) is 0 Å². The second-order valence-corrected chi connectivity index (χ2v) is 3.98. The first-order valence-corrected chi connectivity index (χ1v) is 5.62. The highest BCUT2D eigenvalue weighted by Crippen LogP contribution is 2.43. The van der Waals surface area contributed by atoms with Gasteiger partial charge in [-0.3, -0.25) is 0 Å². The number of ether oxygens (including phenoxy) is 1. The molecule has 20 heavy (non-hydrogen) atoms. The normalized spacial score (nSPS) is 13.2. The van der Waals surface area contributed by atoms with Gasteiger partial charge in [-0.15, -0.1) is 6.58 Å². The van der Waals surface area contributed by atoms with Gasteiger partial charge < -0.3 is 9.84 Å². The number of aliphatic hydroxyl groups is 1. The molecule has 1 N–H and O–H groups in total. The van der Waals surface area contributed by atoms with Gasteiger partial charge in [-0.2, -0.15) is 26.3 Å². The van der Waals surface area contributed by atoms with E-state index in [1.54, 1.807) is 6.08 Å². The lowest BCUT2D eigenvalue weighted by atomic mass is 10.0. The van der Waals surface area contributed by atoms with E-state index in [4.69, 9.17) is 5.11 Å². The van der Waals surface area contributed by atoms with Crippen LogP contribution in [0.1, 0.15) is 25.7 Å². The Morgan fingerprint density at radius 1 is 1.05 bits per heavy atom. The lowest BCUT2D eigenvalue weighted by molar-refractivity contribution is -0.356. The molecule has 0 saturated heterocycles. The number of unbranched alkanes of at least 4 members (excludes halogenated alkanes) is 3. The fourth-order valence-electron chi connectivity index (χ4n) is 1.23. The van der Waals surface area contributed by atoms with Crippen LogP contribution in [0.3, 0.4) is 0 Å². The summed E-state index contributed by atoms with van der Waals surface area (Å²) in [6.45, 7) is 2.79. The number of allylic oxidation sites excluding steroid dienone is 1. The van der Waals surface area contributed by atoms with Crippen LogP contribution in [0.4, 0.5) is 26.3 Å². The van der Waals surface area contributed by atoms with Crippen molar-refractivity contribution in [2.75, 3.05) is 6.61 Å². The number of esters is 1. The van der Waals surface area contributed by atoms with Gasteiger partial charge in [0.25, 0.3) is 0 Å². The van der Waals surface area contributed by atoms with E-state index >= 15 is 0 Å². The van der Waals surface area contributed by atoms with Crippen LogP contribution in [-0.4, -0.2) is 35.6 Å². The number of halogens is 6. The van der Waals surface area contributed by atoms with Crippen LogP contribution in [-0.2, 0) is 9.53 Å². The summed E-state index contributed by atoms with van der Waals surface area (Å²) in [4.78, 5) is 10.9. The summed E-state index contributed by atoms with van der Waals surface area (Å²) in [6, 6.07) is 0. The van der Waals surface area contributed by atoms with Crippen molar-refractivity contribution in [3.8, 4) is 0 Å². The van der Waals surface area contributed by atoms with Gasteiger partial charge in [-0.1, -0.05) is 6.08 Å². The monoisotopic (exact) mass is 308 g/mol. The predicted octanol–water partition coefficient (Wildman–Crippen LogP) is 3.13. The minimum absolute atomic E-state index is 0.0887. The van der Waals surface area contributed by atoms with Crippen LogP contribution in [0.2, 0.25) is 0 Å². The SMILES string of the molecule is C=CCCCCCOC(=O)C(O)(C(F)(F)F)C(F)(F)F. The molecule has 0 aliphatic rings. The fourth-order valence-corrected chi connectivity index (χ4v) is 1.23. The summed E-state index contributed by atoms with van der Waals surface area (Å²) in [5, 5.41) is 8.66. The Hall–Kier alpha value is -1.25. The van der Waals surface area contributed by atoms with Crippen molar-refractivity contribution in [2.45, 2.75) is 43.6 Å². The molecule has 0 aromatic rings. The maximum Gasteiger partial charge on any atom is 0.437 e. The number of carbonyl (C=O) groups is 1. The van der Waals surface area contributed by atoms with Crippen molar-refractivity contribution < 1.29 is 41.0 Å². The van der Waals surface area contributed by atoms with Crippen molar-refractivity contribution in [1.29, 1.82) is 0 Å². The minimum atomic E-state index is -6.20. The molecule has 0 aromatic heterocycles. The largest absolute Gasteiger partial charge is 0.463 e. The number of alkyl halides is 6. The molecule has 0 unspecified atom stereocenters. The van der Waals surface area contributed by atoms with Gasteiger partial charge in [0.05, 0.1) is 6.61 Å². The molecule has 0 bridgehead atoms. The minimum Gasteiger partial charge on any atom is -0.463 e. The molecule has 0 aliphatic carbocycles. The Bertz CT molecular complexity index is 320. The number of rotatable bonds is 7. The fraction of sp³-hybridized carbons (Fsp3) is 0.727. The van der Waals surface area contributed by atoms with Gasteiger partial charge in [0.1, 0.15) is 0 Å². The van der Waals surface area contributed by atoms with Crippen LogP contribution in [0, 0.1) is 0 Å². The van der Waals surface area contributed by atoms with Crippen molar-refractivity contribution in [3.63, 3.8) is 0 Å². The van der Waals surface area contributed by atoms with Gasteiger partial charge in [-0.25, -0.2) is 4.79 Å². The summed E-state index contributed by atoms with van der Waals surface area (Å²) in [5.74, 6) is -2.76. The second-order valence-electron chi connectivity index (χ2n) is 3.98. The van der Waals surface area contributed by atoms with E-state index in [0.717, 1.165) is 0 Å². The summed E-state index contributed by atoms with van der Waals surface area (Å²) >= 11 is 0. The van der Waals surface area contributed by atoms with E-state index in [2.05, 4.69) is 11.3 Å². The molecule has 3 nitrogen and oxygen atoms in total. The van der Waals surface area contributed by atoms with Gasteiger partial charge in [0.2, 0.25) is 0 Å². The zero-order valence-electron chi connectivity index (χ0n) is 10.4. The van der Waals surface area contributed by atoms with Gasteiger partial charge in [0.15, 0.2) is 0 Å². The Labute approximate surface area is 111 Å². The first-order chi connectivity index (χ1) is 8.98. The van der Waals surface area contributed by atoms with Gasteiger partial charge >= 0.3 is 23.9 Å². The van der Waals surface area contributed by atoms with E-state index in [1.807, 2.05) is 0 Å². The molecular formula is C11H14F6O3. The molecule has 0 spiro atoms. The summed E-state index contributed by atoms with van der Waals surface area (Å²) in [6.07, 6.45) is -9.04. The third kappa shape index (κ3) is 4.39. The highest BCUT2D eigenvalue weighted by Gasteiger charge is 2.76. The smallest absolute Gasteiger partial charge is 0.437 e. The zero-order valence-corrected chi connectivity index (χ0v) is 10.4. The van der Waals surface area contributed by atoms with E-state index < -0.39 is 30.5 Å². The van der Waals surface area contributed by atoms with Gasteiger partial charge in [-0.05, 0) is 25.7 Å². The molecule has 0 saturated carbocycles. The number of hydrogen-bond donors (Lipinski definition) is 1. The van der Waals surface area contributed by atoms with Crippen LogP contribution < -0.4 is 0 Å². The molecule has 0 aromatic carbocycles. The number of carbonyl (C=O) groups excluding carboxylic acids is 1. The van der Waals surface area contributed by atoms with E-state index in [0.29, 0.717) is 19.3 Å². The zero-order chi connectivity index (χ0) is 16.0. The Morgan fingerprint density at radius 2 is 1.55 bits per heavy atom. The standard InChI is InChI=1S/C11H14F6O3/c1-2-3-4-5-6-7-20-8(18)9(19,10(12,13)14)11(15,16)17/h2,19H,1,3-7H2. The van der Waals surface area contributed by atoms with Crippen molar-refractivity contribution in [2.24, 2.45) is 0 Å². The van der Waals surface area contributed by atoms with E-state index in [9.17, 15) is 31.1 Å². The third-order valence-electron chi connectivity index (χ3n) is 2.40. The van der Waals surface area contributed by atoms with Gasteiger partial charge in [0, 0.05) is 0 Å². The van der Waals surface area contributed by atoms with E-state index in [-0.39, 0.29) is 6.42 Å². The lowest BCUT2D eigenvalue weighted by Crippen LogP contribution is -2.63. The molecule has 0 fully saturated rings. The molecule has 0 aliphatic heterocycles. The second kappa shape index (κ2) is 6.96. The van der Waals surface area contributed by atoms with Crippen molar-refractivity contribution in [1.82, 2.24) is 0 Å². The quantitative estimate of drug-likeness (QED) is 0.340. The maximum absolute atomic E-state index is 12.2. The molecule has 9 heteroatoms. The first kappa shape index (κ1) is 18.8. The first-order valence-electron chi connectivity index (χ1n) is 5.62. The van der Waals surface area contributed by atoms with Crippen LogP contribution in [0.25, 0.3) is 0 Å². The summed E-state index contributed by atoms with van der Waals surface area (Å²) < 4.78 is 77.4. The van der Waals surface area contributed by atoms with Crippen LogP contribution in [0.15, 0.2) is 12.7 Å². The van der Waals surface area contributed by atoms with Crippen molar-refractivity contribution >= 4 is 5.97 Å². The molecule has 0 atom stereocenters. The highest BCUT2D eigenvalue weighted by atomic mass is 19.4. The summed E-state index contributed by atoms with van der Waals surface area (Å²) in [5.41, 5.74) is -5.50. The third-order valence-corrected chi connectivity index (χ3v) is 2.40. The van der Waals surface area contributed by atoms with Crippen LogP contribution >= 0.6 is 0 Å². The molecule has 0 heterocycles. The molecule has 0 amide bonds. The van der Waals surface area contributed by atoms with Crippen molar-refractivity contribution in [3.05, 3.63) is 12.7 Å². The molecule has 118 valence electrons. The molecule has 0 radical (unpaired) electrons. The van der Waals surface area contributed by atoms with Crippen LogP contribution in [0.5, 0.6) is 0 Å². The number of hydrogen-bond acceptors (Lipinski definition) is 3. The predicted molar refractivity (Wildman–Crippen MR) is 56.7 cm³/mol. The lowest BCUT2D eigenvalue weighted by Gasteiger charge is -2.29. The molecular weight excluding hydrogens is 294 g/mol. The maximum atomic E-state index is 12.2. The highest BCUT2D eigenvalue weighted by molar-refractivity contribution is 5.81.